The van der Waals surface area contributed by atoms with Crippen molar-refractivity contribution in [1.29, 1.82) is 0 Å². The van der Waals surface area contributed by atoms with Gasteiger partial charge in [0.15, 0.2) is 5.82 Å². The molecule has 0 atom stereocenters. The van der Waals surface area contributed by atoms with Gasteiger partial charge in [-0.2, -0.15) is 0 Å². The standard InChI is InChI=1S/C13H12F2N2O/c1-16-8-9-5-6-17-13(12(9)15)18-11-4-2-3-10(14)7-11/h2-7,16H,8H2,1H3. The molecule has 0 aliphatic carbocycles. The zero-order chi connectivity index (χ0) is 13.0. The number of pyridine rings is 1. The Morgan fingerprint density at radius 3 is 2.83 bits per heavy atom. The molecular formula is C13H12F2N2O. The van der Waals surface area contributed by atoms with E-state index in [9.17, 15) is 8.78 Å². The van der Waals surface area contributed by atoms with Crippen LogP contribution < -0.4 is 10.1 Å². The number of hydrogen-bond donors (Lipinski definition) is 1. The fraction of sp³-hybridized carbons (Fsp3) is 0.154. The zero-order valence-corrected chi connectivity index (χ0v) is 9.78. The van der Waals surface area contributed by atoms with Crippen molar-refractivity contribution in [3.8, 4) is 11.6 Å². The largest absolute Gasteiger partial charge is 0.436 e. The van der Waals surface area contributed by atoms with Gasteiger partial charge in [-0.3, -0.25) is 0 Å². The molecule has 1 heterocycles. The van der Waals surface area contributed by atoms with E-state index in [4.69, 9.17) is 4.74 Å². The lowest BCUT2D eigenvalue weighted by Crippen LogP contribution is -2.08. The normalized spacial score (nSPS) is 10.4. The van der Waals surface area contributed by atoms with Gasteiger partial charge in [-0.15, -0.1) is 0 Å². The average Bonchev–Trinajstić information content (AvgIpc) is 2.35. The lowest BCUT2D eigenvalue weighted by Gasteiger charge is -2.08. The molecule has 5 heteroatoms. The highest BCUT2D eigenvalue weighted by molar-refractivity contribution is 5.30. The summed E-state index contributed by atoms with van der Waals surface area (Å²) in [5, 5.41) is 2.84. The number of ether oxygens (including phenoxy) is 1. The summed E-state index contributed by atoms with van der Waals surface area (Å²) in [4.78, 5) is 3.80. The lowest BCUT2D eigenvalue weighted by molar-refractivity contribution is 0.415. The molecule has 0 aliphatic rings. The average molecular weight is 250 g/mol. The van der Waals surface area contributed by atoms with E-state index in [0.29, 0.717) is 12.1 Å². The third-order valence-electron chi connectivity index (χ3n) is 2.32. The Labute approximate surface area is 103 Å². The Kier molecular flexibility index (Phi) is 3.84. The van der Waals surface area contributed by atoms with E-state index < -0.39 is 11.6 Å². The number of hydrogen-bond acceptors (Lipinski definition) is 3. The summed E-state index contributed by atoms with van der Waals surface area (Å²) in [6, 6.07) is 7.04. The highest BCUT2D eigenvalue weighted by Crippen LogP contribution is 2.24. The number of halogens is 2. The fourth-order valence-corrected chi connectivity index (χ4v) is 1.50. The molecule has 0 aliphatic heterocycles. The Balaban J connectivity index is 2.26. The van der Waals surface area contributed by atoms with E-state index in [1.807, 2.05) is 0 Å². The molecule has 18 heavy (non-hydrogen) atoms. The first-order valence-corrected chi connectivity index (χ1v) is 5.42. The zero-order valence-electron chi connectivity index (χ0n) is 9.78. The van der Waals surface area contributed by atoms with Crippen molar-refractivity contribution >= 4 is 0 Å². The maximum absolute atomic E-state index is 13.9. The molecule has 1 N–H and O–H groups in total. The Morgan fingerprint density at radius 2 is 2.11 bits per heavy atom. The van der Waals surface area contributed by atoms with Crippen LogP contribution in [0.1, 0.15) is 5.56 Å². The predicted molar refractivity (Wildman–Crippen MR) is 63.4 cm³/mol. The second-order valence-electron chi connectivity index (χ2n) is 3.68. The van der Waals surface area contributed by atoms with Crippen molar-refractivity contribution in [2.24, 2.45) is 0 Å². The molecule has 0 saturated carbocycles. The van der Waals surface area contributed by atoms with E-state index >= 15 is 0 Å². The van der Waals surface area contributed by atoms with Crippen LogP contribution in [-0.2, 0) is 6.54 Å². The van der Waals surface area contributed by atoms with Crippen LogP contribution in [0.3, 0.4) is 0 Å². The van der Waals surface area contributed by atoms with Gasteiger partial charge in [-0.25, -0.2) is 13.8 Å². The maximum Gasteiger partial charge on any atom is 0.256 e. The van der Waals surface area contributed by atoms with Gasteiger partial charge >= 0.3 is 0 Å². The summed E-state index contributed by atoms with van der Waals surface area (Å²) >= 11 is 0. The summed E-state index contributed by atoms with van der Waals surface area (Å²) in [5.41, 5.74) is 0.443. The van der Waals surface area contributed by atoms with Gasteiger partial charge in [0.1, 0.15) is 11.6 Å². The minimum atomic E-state index is -0.545. The first-order valence-electron chi connectivity index (χ1n) is 5.42. The van der Waals surface area contributed by atoms with E-state index in [2.05, 4.69) is 10.3 Å². The molecule has 3 nitrogen and oxygen atoms in total. The highest BCUT2D eigenvalue weighted by atomic mass is 19.1. The number of nitrogens with zero attached hydrogens (tertiary/aromatic N) is 1. The molecule has 0 bridgehead atoms. The van der Waals surface area contributed by atoms with Crippen LogP contribution in [-0.4, -0.2) is 12.0 Å². The van der Waals surface area contributed by atoms with Gasteiger partial charge in [0.2, 0.25) is 0 Å². The number of aromatic nitrogens is 1. The van der Waals surface area contributed by atoms with Crippen molar-refractivity contribution in [3.63, 3.8) is 0 Å². The number of rotatable bonds is 4. The Hall–Kier alpha value is -2.01. The minimum Gasteiger partial charge on any atom is -0.436 e. The summed E-state index contributed by atoms with van der Waals surface area (Å²) in [6.45, 7) is 0.369. The molecular weight excluding hydrogens is 238 g/mol. The van der Waals surface area contributed by atoms with Crippen molar-refractivity contribution < 1.29 is 13.5 Å². The number of benzene rings is 1. The van der Waals surface area contributed by atoms with E-state index in [-0.39, 0.29) is 11.6 Å². The summed E-state index contributed by atoms with van der Waals surface area (Å²) < 4.78 is 32.1. The fourth-order valence-electron chi connectivity index (χ4n) is 1.50. The summed E-state index contributed by atoms with van der Waals surface area (Å²) in [6.07, 6.45) is 1.45. The molecule has 1 aromatic heterocycles. The quantitative estimate of drug-likeness (QED) is 0.906. The SMILES string of the molecule is CNCc1ccnc(Oc2cccc(F)c2)c1F. The molecule has 0 saturated heterocycles. The maximum atomic E-state index is 13.9. The topological polar surface area (TPSA) is 34.2 Å². The second-order valence-corrected chi connectivity index (χ2v) is 3.68. The monoisotopic (exact) mass is 250 g/mol. The van der Waals surface area contributed by atoms with Crippen molar-refractivity contribution in [2.75, 3.05) is 7.05 Å². The second kappa shape index (κ2) is 5.55. The molecule has 0 spiro atoms. The third kappa shape index (κ3) is 2.81. The van der Waals surface area contributed by atoms with Gasteiger partial charge in [0.05, 0.1) is 0 Å². The van der Waals surface area contributed by atoms with E-state index in [1.54, 1.807) is 13.1 Å². The first kappa shape index (κ1) is 12.4. The molecule has 94 valence electrons. The predicted octanol–water partition coefficient (Wildman–Crippen LogP) is 2.87. The van der Waals surface area contributed by atoms with Crippen LogP contribution in [0.4, 0.5) is 8.78 Å². The summed E-state index contributed by atoms with van der Waals surface area (Å²) in [5.74, 6) is -0.938. The van der Waals surface area contributed by atoms with Gasteiger partial charge in [-0.1, -0.05) is 6.07 Å². The van der Waals surface area contributed by atoms with E-state index in [0.717, 1.165) is 0 Å². The molecule has 0 radical (unpaired) electrons. The lowest BCUT2D eigenvalue weighted by atomic mass is 10.2. The minimum absolute atomic E-state index is 0.159. The van der Waals surface area contributed by atoms with Crippen LogP contribution in [0, 0.1) is 11.6 Å². The van der Waals surface area contributed by atoms with Crippen molar-refractivity contribution in [2.45, 2.75) is 6.54 Å². The smallest absolute Gasteiger partial charge is 0.256 e. The van der Waals surface area contributed by atoms with Crippen LogP contribution in [0.5, 0.6) is 11.6 Å². The Bertz CT molecular complexity index is 546. The molecule has 0 unspecified atom stereocenters. The van der Waals surface area contributed by atoms with Crippen LogP contribution in [0.15, 0.2) is 36.5 Å². The molecule has 2 rings (SSSR count). The number of nitrogens with one attached hydrogen (secondary N) is 1. The molecule has 1 aromatic carbocycles. The third-order valence-corrected chi connectivity index (χ3v) is 2.32. The Morgan fingerprint density at radius 1 is 1.28 bits per heavy atom. The van der Waals surface area contributed by atoms with E-state index in [1.165, 1.54) is 30.5 Å². The van der Waals surface area contributed by atoms with Crippen LogP contribution in [0.25, 0.3) is 0 Å². The highest BCUT2D eigenvalue weighted by Gasteiger charge is 2.11. The van der Waals surface area contributed by atoms with Gasteiger partial charge in [0, 0.05) is 24.4 Å². The van der Waals surface area contributed by atoms with Crippen molar-refractivity contribution in [3.05, 3.63) is 53.7 Å². The van der Waals surface area contributed by atoms with Crippen LogP contribution in [0.2, 0.25) is 0 Å². The van der Waals surface area contributed by atoms with Crippen molar-refractivity contribution in [1.82, 2.24) is 10.3 Å². The van der Waals surface area contributed by atoms with Gasteiger partial charge in [0.25, 0.3) is 5.88 Å². The molecule has 0 fully saturated rings. The van der Waals surface area contributed by atoms with Gasteiger partial charge < -0.3 is 10.1 Å². The van der Waals surface area contributed by atoms with Crippen LogP contribution >= 0.6 is 0 Å². The molecule has 0 amide bonds. The molecule has 2 aromatic rings. The first-order chi connectivity index (χ1) is 8.70. The summed E-state index contributed by atoms with van der Waals surface area (Å²) in [7, 11) is 1.72. The van der Waals surface area contributed by atoms with Gasteiger partial charge in [-0.05, 0) is 25.2 Å².